The molecule has 2 aromatic carbocycles. The van der Waals surface area contributed by atoms with Crippen LogP contribution in [0.25, 0.3) is 10.8 Å². The number of anilines is 2. The van der Waals surface area contributed by atoms with E-state index in [2.05, 4.69) is 15.5 Å². The molecule has 1 aliphatic rings. The van der Waals surface area contributed by atoms with Crippen LogP contribution in [0.15, 0.2) is 53.3 Å². The Morgan fingerprint density at radius 3 is 2.54 bits per heavy atom. The average molecular weight is 348 g/mol. The summed E-state index contributed by atoms with van der Waals surface area (Å²) in [5.41, 5.74) is 0.977. The lowest BCUT2D eigenvalue weighted by Gasteiger charge is -2.20. The molecule has 3 aromatic rings. The van der Waals surface area contributed by atoms with E-state index >= 15 is 0 Å². The number of carbonyl (C=O) groups is 2. The third-order valence-corrected chi connectivity index (χ3v) is 4.43. The second kappa shape index (κ2) is 6.44. The Labute approximate surface area is 148 Å². The molecule has 0 atom stereocenters. The van der Waals surface area contributed by atoms with Crippen molar-refractivity contribution in [1.82, 2.24) is 10.2 Å². The summed E-state index contributed by atoms with van der Waals surface area (Å²) >= 11 is 0. The number of nitrogens with one attached hydrogen (secondary N) is 2. The molecule has 1 fully saturated rings. The van der Waals surface area contributed by atoms with Gasteiger partial charge in [0.1, 0.15) is 0 Å². The molecule has 0 radical (unpaired) electrons. The minimum atomic E-state index is -0.448. The zero-order valence-electron chi connectivity index (χ0n) is 13.9. The molecule has 0 spiro atoms. The summed E-state index contributed by atoms with van der Waals surface area (Å²) in [4.78, 5) is 38.4. The highest BCUT2D eigenvalue weighted by molar-refractivity contribution is 6.12. The zero-order valence-corrected chi connectivity index (χ0v) is 13.9. The summed E-state index contributed by atoms with van der Waals surface area (Å²) in [7, 11) is 0. The molecular weight excluding hydrogens is 332 g/mol. The lowest BCUT2D eigenvalue weighted by atomic mass is 10.1. The van der Waals surface area contributed by atoms with Gasteiger partial charge in [0.2, 0.25) is 5.91 Å². The quantitative estimate of drug-likeness (QED) is 0.759. The first kappa shape index (κ1) is 16.0. The SMILES string of the molecule is O=C(Nc1ccccc1N1CCCC1=O)c1n[nH]c(=O)c2ccccc12. The van der Waals surface area contributed by atoms with Crippen molar-refractivity contribution < 1.29 is 9.59 Å². The number of amides is 2. The van der Waals surface area contributed by atoms with Gasteiger partial charge in [-0.05, 0) is 24.6 Å². The normalized spacial score (nSPS) is 14.0. The number of aromatic nitrogens is 2. The van der Waals surface area contributed by atoms with Crippen molar-refractivity contribution in [3.05, 3.63) is 64.6 Å². The summed E-state index contributed by atoms with van der Waals surface area (Å²) in [6.07, 6.45) is 1.31. The van der Waals surface area contributed by atoms with E-state index in [4.69, 9.17) is 0 Å². The van der Waals surface area contributed by atoms with Crippen molar-refractivity contribution in [3.8, 4) is 0 Å². The van der Waals surface area contributed by atoms with E-state index < -0.39 is 5.91 Å². The Hall–Kier alpha value is -3.48. The minimum Gasteiger partial charge on any atom is -0.319 e. The Morgan fingerprint density at radius 1 is 1.04 bits per heavy atom. The van der Waals surface area contributed by atoms with Crippen molar-refractivity contribution in [3.63, 3.8) is 0 Å². The Morgan fingerprint density at radius 2 is 1.77 bits per heavy atom. The van der Waals surface area contributed by atoms with Crippen LogP contribution in [0, 0.1) is 0 Å². The Balaban J connectivity index is 1.71. The molecule has 7 nitrogen and oxygen atoms in total. The number of benzene rings is 2. The van der Waals surface area contributed by atoms with Gasteiger partial charge in [0, 0.05) is 18.4 Å². The largest absolute Gasteiger partial charge is 0.319 e. The number of hydrogen-bond acceptors (Lipinski definition) is 4. The van der Waals surface area contributed by atoms with Gasteiger partial charge in [0.05, 0.1) is 16.8 Å². The molecule has 0 saturated carbocycles. The van der Waals surface area contributed by atoms with Crippen molar-refractivity contribution in [2.24, 2.45) is 0 Å². The summed E-state index contributed by atoms with van der Waals surface area (Å²) in [5.74, 6) is -0.407. The van der Waals surface area contributed by atoms with Crippen LogP contribution in [0.2, 0.25) is 0 Å². The van der Waals surface area contributed by atoms with E-state index in [1.165, 1.54) is 0 Å². The first-order chi connectivity index (χ1) is 12.6. The van der Waals surface area contributed by atoms with Crippen molar-refractivity contribution in [1.29, 1.82) is 0 Å². The lowest BCUT2D eigenvalue weighted by Crippen LogP contribution is -2.26. The molecule has 0 bridgehead atoms. The van der Waals surface area contributed by atoms with Gasteiger partial charge in [-0.1, -0.05) is 30.3 Å². The number of carbonyl (C=O) groups excluding carboxylic acids is 2. The number of nitrogens with zero attached hydrogens (tertiary/aromatic N) is 2. The topological polar surface area (TPSA) is 95.2 Å². The second-order valence-corrected chi connectivity index (χ2v) is 6.07. The maximum Gasteiger partial charge on any atom is 0.276 e. The smallest absolute Gasteiger partial charge is 0.276 e. The fourth-order valence-electron chi connectivity index (χ4n) is 3.19. The highest BCUT2D eigenvalue weighted by atomic mass is 16.2. The van der Waals surface area contributed by atoms with Crippen LogP contribution in [0.1, 0.15) is 23.3 Å². The molecule has 26 heavy (non-hydrogen) atoms. The first-order valence-corrected chi connectivity index (χ1v) is 8.33. The minimum absolute atomic E-state index is 0.0410. The number of H-pyrrole nitrogens is 1. The van der Waals surface area contributed by atoms with Crippen molar-refractivity contribution in [2.75, 3.05) is 16.8 Å². The van der Waals surface area contributed by atoms with E-state index in [0.717, 1.165) is 6.42 Å². The molecule has 0 unspecified atom stereocenters. The summed E-state index contributed by atoms with van der Waals surface area (Å²) in [6, 6.07) is 14.0. The molecule has 130 valence electrons. The third-order valence-electron chi connectivity index (χ3n) is 4.43. The van der Waals surface area contributed by atoms with Gasteiger partial charge in [0.15, 0.2) is 5.69 Å². The lowest BCUT2D eigenvalue weighted by molar-refractivity contribution is -0.117. The van der Waals surface area contributed by atoms with Crippen molar-refractivity contribution in [2.45, 2.75) is 12.8 Å². The summed E-state index contributed by atoms with van der Waals surface area (Å²) in [6.45, 7) is 0.631. The van der Waals surface area contributed by atoms with E-state index in [9.17, 15) is 14.4 Å². The molecule has 1 aromatic heterocycles. The molecule has 1 saturated heterocycles. The van der Waals surface area contributed by atoms with Crippen LogP contribution < -0.4 is 15.8 Å². The number of para-hydroxylation sites is 2. The third kappa shape index (κ3) is 2.73. The van der Waals surface area contributed by atoms with Gasteiger partial charge in [0.25, 0.3) is 11.5 Å². The molecule has 2 heterocycles. The van der Waals surface area contributed by atoms with Gasteiger partial charge in [-0.3, -0.25) is 14.4 Å². The number of aromatic amines is 1. The number of fused-ring (bicyclic) bond motifs is 1. The van der Waals surface area contributed by atoms with Gasteiger partial charge >= 0.3 is 0 Å². The van der Waals surface area contributed by atoms with Gasteiger partial charge < -0.3 is 10.2 Å². The predicted octanol–water partition coefficient (Wildman–Crippen LogP) is 2.30. The van der Waals surface area contributed by atoms with Gasteiger partial charge in [-0.15, -0.1) is 0 Å². The maximum absolute atomic E-state index is 12.8. The molecule has 2 amide bonds. The van der Waals surface area contributed by atoms with Gasteiger partial charge in [-0.2, -0.15) is 5.10 Å². The van der Waals surface area contributed by atoms with Crippen LogP contribution in [0.5, 0.6) is 0 Å². The van der Waals surface area contributed by atoms with Crippen molar-refractivity contribution >= 4 is 34.0 Å². The molecule has 7 heteroatoms. The van der Waals surface area contributed by atoms with Crippen LogP contribution in [0.4, 0.5) is 11.4 Å². The second-order valence-electron chi connectivity index (χ2n) is 6.07. The van der Waals surface area contributed by atoms with Gasteiger partial charge in [-0.25, -0.2) is 5.10 Å². The molecule has 1 aliphatic heterocycles. The maximum atomic E-state index is 12.8. The van der Waals surface area contributed by atoms with Crippen LogP contribution >= 0.6 is 0 Å². The van der Waals surface area contributed by atoms with Crippen LogP contribution in [-0.2, 0) is 4.79 Å². The highest BCUT2D eigenvalue weighted by Crippen LogP contribution is 2.29. The van der Waals surface area contributed by atoms with E-state index in [1.54, 1.807) is 47.4 Å². The van der Waals surface area contributed by atoms with Crippen LogP contribution in [-0.4, -0.2) is 28.6 Å². The fourth-order valence-corrected chi connectivity index (χ4v) is 3.19. The monoisotopic (exact) mass is 348 g/mol. The van der Waals surface area contributed by atoms with E-state index in [1.807, 2.05) is 6.07 Å². The van der Waals surface area contributed by atoms with E-state index in [0.29, 0.717) is 35.1 Å². The molecular formula is C19H16N4O3. The zero-order chi connectivity index (χ0) is 18.1. The number of hydrogen-bond donors (Lipinski definition) is 2. The molecule has 4 rings (SSSR count). The summed E-state index contributed by atoms with van der Waals surface area (Å²) in [5, 5.41) is 9.96. The summed E-state index contributed by atoms with van der Waals surface area (Å²) < 4.78 is 0. The molecule has 2 N–H and O–H groups in total. The van der Waals surface area contributed by atoms with E-state index in [-0.39, 0.29) is 17.2 Å². The average Bonchev–Trinajstić information content (AvgIpc) is 3.08. The number of rotatable bonds is 3. The fraction of sp³-hybridized carbons (Fsp3) is 0.158. The molecule has 0 aliphatic carbocycles. The Kier molecular flexibility index (Phi) is 3.96. The predicted molar refractivity (Wildman–Crippen MR) is 98.3 cm³/mol. The Bertz CT molecular complexity index is 1070. The first-order valence-electron chi connectivity index (χ1n) is 8.33. The standard InChI is InChI=1S/C19H16N4O3/c24-16-10-5-11-23(16)15-9-4-3-8-14(15)20-19(26)17-12-6-1-2-7-13(12)18(25)22-21-17/h1-4,6-9H,5,10-11H2,(H,20,26)(H,22,25). The highest BCUT2D eigenvalue weighted by Gasteiger charge is 2.24. The van der Waals surface area contributed by atoms with Crippen LogP contribution in [0.3, 0.4) is 0 Å².